The molecule has 1 fully saturated rings. The van der Waals surface area contributed by atoms with Gasteiger partial charge in [0.05, 0.1) is 34.0 Å². The van der Waals surface area contributed by atoms with E-state index < -0.39 is 60.2 Å². The lowest BCUT2D eigenvalue weighted by Gasteiger charge is -2.37. The lowest BCUT2D eigenvalue weighted by Crippen LogP contribution is -2.36. The van der Waals surface area contributed by atoms with Crippen LogP contribution < -0.4 is 30.9 Å². The molecule has 0 amide bonds. The highest BCUT2D eigenvalue weighted by atomic mass is 31.3. The number of phosphoric ester groups is 1. The van der Waals surface area contributed by atoms with Crippen LogP contribution in [0, 0.1) is 0 Å². The van der Waals surface area contributed by atoms with Gasteiger partial charge in [0.15, 0.2) is 17.4 Å². The number of ether oxygens (including phenoxy) is 3. The van der Waals surface area contributed by atoms with Crippen molar-refractivity contribution in [1.29, 1.82) is 0 Å². The van der Waals surface area contributed by atoms with Crippen molar-refractivity contribution in [2.24, 2.45) is 0 Å². The van der Waals surface area contributed by atoms with Gasteiger partial charge in [-0.1, -0.05) is 0 Å². The molecule has 36 heavy (non-hydrogen) atoms. The Balaban J connectivity index is 1.80. The van der Waals surface area contributed by atoms with Crippen LogP contribution in [0.15, 0.2) is 11.1 Å². The average molecular weight is 577 g/mol. The number of nitrogens with zero attached hydrogens (tertiary/aromatic N) is 3. The quantitative estimate of drug-likeness (QED) is 0.159. The number of methoxy groups -OCH3 is 1. The van der Waals surface area contributed by atoms with Crippen LogP contribution in [0.2, 0.25) is 0 Å². The molecule has 2 unspecified atom stereocenters. The molecule has 2 aromatic heterocycles. The van der Waals surface area contributed by atoms with Crippen LogP contribution in [0.5, 0.6) is 0 Å². The zero-order chi connectivity index (χ0) is 26.9. The number of aliphatic hydroxyl groups is 1. The second-order valence-corrected chi connectivity index (χ2v) is 11.2. The number of nitrogens with two attached hydrogens (primary N) is 1. The molecule has 0 aromatic carbocycles. The Kier molecular flexibility index (Phi) is 8.87. The first-order chi connectivity index (χ1) is 16.6. The van der Waals surface area contributed by atoms with Crippen molar-refractivity contribution in [3.8, 4) is 0 Å². The second-order valence-electron chi connectivity index (χ2n) is 6.96. The molecule has 4 N–H and O–H groups in total. The molecule has 1 aliphatic heterocycles. The van der Waals surface area contributed by atoms with E-state index in [0.29, 0.717) is 0 Å². The van der Waals surface area contributed by atoms with Crippen molar-refractivity contribution in [3.63, 3.8) is 0 Å². The number of aromatic nitrogens is 4. The van der Waals surface area contributed by atoms with Crippen LogP contribution in [0.3, 0.4) is 0 Å². The standard InChI is InChI=1S/C13H22N5O15P3/c1-28-2-3-29-9-8(19)6(4-30-35(24,25)33-36(26,27)32-34(21,22)23)31-12(9)18-5-15-7-10(18)16-13(14)17-11(7)20/h5-6,8-9,12,19H,2-4H2,1H3,(H,24,25)(H,26,27)(H2,21,22,23)(H3,14,16,17,20)/p-4/t6-,8-,9-,12-/m1/s1. The second kappa shape index (κ2) is 11.0. The van der Waals surface area contributed by atoms with Crippen LogP contribution in [-0.4, -0.2) is 69.9 Å². The van der Waals surface area contributed by atoms with Gasteiger partial charge in [-0.15, -0.1) is 0 Å². The first kappa shape index (κ1) is 29.0. The van der Waals surface area contributed by atoms with Crippen molar-refractivity contribution < 1.29 is 65.7 Å². The summed E-state index contributed by atoms with van der Waals surface area (Å²) in [7, 11) is -16.8. The molecule has 20 nitrogen and oxygen atoms in total. The molecule has 0 radical (unpaired) electrons. The van der Waals surface area contributed by atoms with E-state index in [4.69, 9.17) is 19.9 Å². The molecular weight excluding hydrogens is 559 g/mol. The third kappa shape index (κ3) is 7.25. The smallest absolute Gasteiger partial charge is 0.280 e. The maximum Gasteiger partial charge on any atom is 0.280 e. The average Bonchev–Trinajstić information content (AvgIpc) is 3.25. The Labute approximate surface area is 200 Å². The normalized spacial score (nSPS) is 26.2. The Morgan fingerprint density at radius 2 is 1.89 bits per heavy atom. The Morgan fingerprint density at radius 3 is 2.53 bits per heavy atom. The lowest BCUT2D eigenvalue weighted by atomic mass is 10.1. The van der Waals surface area contributed by atoms with Crippen LogP contribution in [-0.2, 0) is 41.1 Å². The SMILES string of the molecule is COCCO[C@@H]1[C@H](O)[C@@H](COP(=O)([O-])OP(=O)([O-])OP(=O)([O-])[O-])O[C@H]1n1cnc2c(=O)[nH]c(N)nc21. The number of hydrogen-bond acceptors (Lipinski definition) is 18. The fourth-order valence-electron chi connectivity index (χ4n) is 3.10. The number of anilines is 1. The summed E-state index contributed by atoms with van der Waals surface area (Å²) in [5, 5.41) is 10.7. The van der Waals surface area contributed by atoms with E-state index in [1.165, 1.54) is 11.7 Å². The zero-order valence-electron chi connectivity index (χ0n) is 17.9. The molecule has 0 bridgehead atoms. The maximum atomic E-state index is 12.1. The number of phosphoric acid groups is 3. The van der Waals surface area contributed by atoms with Gasteiger partial charge in [0, 0.05) is 7.11 Å². The number of H-pyrrole nitrogens is 1. The monoisotopic (exact) mass is 577 g/mol. The molecule has 0 aliphatic carbocycles. The van der Waals surface area contributed by atoms with Crippen LogP contribution in [0.1, 0.15) is 6.23 Å². The number of imidazole rings is 1. The Bertz CT molecular complexity index is 1280. The summed E-state index contributed by atoms with van der Waals surface area (Å²) >= 11 is 0. The van der Waals surface area contributed by atoms with Crippen LogP contribution in [0.4, 0.5) is 5.95 Å². The highest BCUT2D eigenvalue weighted by Crippen LogP contribution is 2.60. The highest BCUT2D eigenvalue weighted by molar-refractivity contribution is 7.64. The number of hydrogen-bond donors (Lipinski definition) is 3. The lowest BCUT2D eigenvalue weighted by molar-refractivity contribution is -0.339. The highest BCUT2D eigenvalue weighted by Gasteiger charge is 2.46. The van der Waals surface area contributed by atoms with Crippen molar-refractivity contribution in [1.82, 2.24) is 19.5 Å². The number of aliphatic hydroxyl groups excluding tert-OH is 1. The molecule has 3 heterocycles. The minimum absolute atomic E-state index is 0.0707. The van der Waals surface area contributed by atoms with E-state index >= 15 is 0 Å². The van der Waals surface area contributed by atoms with E-state index in [-0.39, 0.29) is 30.3 Å². The van der Waals surface area contributed by atoms with Gasteiger partial charge in [-0.05, 0) is 0 Å². The van der Waals surface area contributed by atoms with Crippen molar-refractivity contribution in [3.05, 3.63) is 16.7 Å². The van der Waals surface area contributed by atoms with Gasteiger partial charge in [0.25, 0.3) is 21.2 Å². The predicted octanol–water partition coefficient (Wildman–Crippen LogP) is -4.19. The van der Waals surface area contributed by atoms with E-state index in [0.717, 1.165) is 6.33 Å². The van der Waals surface area contributed by atoms with E-state index in [1.54, 1.807) is 0 Å². The fourth-order valence-corrected chi connectivity index (χ4v) is 5.97. The van der Waals surface area contributed by atoms with Gasteiger partial charge < -0.3 is 53.7 Å². The van der Waals surface area contributed by atoms with Crippen LogP contribution >= 0.6 is 23.5 Å². The summed E-state index contributed by atoms with van der Waals surface area (Å²) in [6.45, 7) is -1.06. The molecular formula is C13H18N5O15P3-4. The molecule has 0 spiro atoms. The van der Waals surface area contributed by atoms with E-state index in [1.807, 2.05) is 0 Å². The van der Waals surface area contributed by atoms with Gasteiger partial charge in [0.1, 0.15) is 18.3 Å². The number of nitrogens with one attached hydrogen (secondary N) is 1. The van der Waals surface area contributed by atoms with Crippen molar-refractivity contribution in [2.45, 2.75) is 24.5 Å². The van der Waals surface area contributed by atoms with Crippen molar-refractivity contribution >= 4 is 40.6 Å². The first-order valence-electron chi connectivity index (χ1n) is 9.50. The molecule has 1 aliphatic rings. The largest absolute Gasteiger partial charge is 0.790 e. The summed E-state index contributed by atoms with van der Waals surface area (Å²) in [5.41, 5.74) is 4.67. The molecule has 0 saturated carbocycles. The van der Waals surface area contributed by atoms with Gasteiger partial charge in [0.2, 0.25) is 5.95 Å². The molecule has 23 heteroatoms. The minimum Gasteiger partial charge on any atom is -0.790 e. The summed E-state index contributed by atoms with van der Waals surface area (Å²) in [6, 6.07) is 0. The molecule has 204 valence electrons. The Morgan fingerprint density at radius 1 is 1.19 bits per heavy atom. The summed E-state index contributed by atoms with van der Waals surface area (Å²) in [6.07, 6.45) is -4.56. The topological polar surface area (TPSA) is 309 Å². The zero-order valence-corrected chi connectivity index (χ0v) is 20.6. The van der Waals surface area contributed by atoms with Crippen molar-refractivity contribution in [2.75, 3.05) is 32.7 Å². The van der Waals surface area contributed by atoms with Gasteiger partial charge >= 0.3 is 0 Å². The Hall–Kier alpha value is -1.60. The number of fused-ring (bicyclic) bond motifs is 1. The summed E-state index contributed by atoms with van der Waals surface area (Å²) in [4.78, 5) is 66.1. The number of aromatic amines is 1. The van der Waals surface area contributed by atoms with E-state index in [9.17, 15) is 43.2 Å². The van der Waals surface area contributed by atoms with Crippen LogP contribution in [0.25, 0.3) is 11.2 Å². The van der Waals surface area contributed by atoms with Gasteiger partial charge in [-0.25, -0.2) is 9.29 Å². The first-order valence-corrected chi connectivity index (χ1v) is 13.9. The third-order valence-corrected chi connectivity index (χ3v) is 8.10. The number of nitrogen functional groups attached to an aromatic ring is 1. The molecule has 1 saturated heterocycles. The third-order valence-electron chi connectivity index (χ3n) is 4.43. The van der Waals surface area contributed by atoms with E-state index in [2.05, 4.69) is 28.1 Å². The fraction of sp³-hybridized carbons (Fsp3) is 0.615. The molecule has 2 aromatic rings. The van der Waals surface area contributed by atoms with Gasteiger partial charge in [-0.3, -0.25) is 27.8 Å². The molecule has 3 rings (SSSR count). The molecule has 6 atom stereocenters. The van der Waals surface area contributed by atoms with Gasteiger partial charge in [-0.2, -0.15) is 4.98 Å². The minimum atomic E-state index is -6.18. The maximum absolute atomic E-state index is 12.1. The summed E-state index contributed by atoms with van der Waals surface area (Å²) in [5.74, 6) is -0.265. The predicted molar refractivity (Wildman–Crippen MR) is 105 cm³/mol. The number of rotatable bonds is 12. The summed E-state index contributed by atoms with van der Waals surface area (Å²) < 4.78 is 61.7.